The predicted molar refractivity (Wildman–Crippen MR) is 72.5 cm³/mol. The number of carbonyl (C=O) groups excluding carboxylic acids is 1. The zero-order valence-corrected chi connectivity index (χ0v) is 12.3. The number of amides is 1. The first-order valence-corrected chi connectivity index (χ1v) is 8.40. The third-order valence-electron chi connectivity index (χ3n) is 3.90. The number of nitrogens with two attached hydrogens (primary N) is 1. The fourth-order valence-corrected chi connectivity index (χ4v) is 3.50. The fourth-order valence-electron chi connectivity index (χ4n) is 2.47. The first-order valence-electron chi connectivity index (χ1n) is 6.85. The van der Waals surface area contributed by atoms with Crippen molar-refractivity contribution in [1.29, 1.82) is 0 Å². The number of H-pyrrole nitrogens is 1. The van der Waals surface area contributed by atoms with Crippen LogP contribution in [0.25, 0.3) is 0 Å². The van der Waals surface area contributed by atoms with Gasteiger partial charge in [-0.25, -0.2) is 13.4 Å². The predicted octanol–water partition coefficient (Wildman–Crippen LogP) is 0.575. The van der Waals surface area contributed by atoms with Crippen LogP contribution in [0.2, 0.25) is 0 Å². The topological polar surface area (TPSA) is 119 Å². The Balaban J connectivity index is 2.02. The average molecular weight is 300 g/mol. The third kappa shape index (κ3) is 3.17. The van der Waals surface area contributed by atoms with Gasteiger partial charge in [0.25, 0.3) is 5.16 Å². The molecule has 0 radical (unpaired) electrons. The number of primary amides is 1. The molecule has 7 nitrogen and oxygen atoms in total. The number of nitrogens with one attached hydrogen (secondary N) is 1. The van der Waals surface area contributed by atoms with E-state index in [1.165, 1.54) is 32.6 Å². The molecule has 1 aromatic heterocycles. The largest absolute Gasteiger partial charge is 0.369 e. The molecule has 0 aromatic carbocycles. The minimum absolute atomic E-state index is 0.342. The van der Waals surface area contributed by atoms with Crippen LogP contribution in [0.1, 0.15) is 44.9 Å². The van der Waals surface area contributed by atoms with E-state index in [4.69, 9.17) is 5.73 Å². The summed E-state index contributed by atoms with van der Waals surface area (Å²) in [5.74, 6) is 0.346. The number of sulfone groups is 1. The highest BCUT2D eigenvalue weighted by Gasteiger charge is 2.31. The van der Waals surface area contributed by atoms with Crippen LogP contribution >= 0.6 is 0 Å². The van der Waals surface area contributed by atoms with Crippen LogP contribution in [0, 0.1) is 5.92 Å². The van der Waals surface area contributed by atoms with Crippen LogP contribution in [-0.2, 0) is 21.1 Å². The number of aromatic nitrogens is 3. The van der Waals surface area contributed by atoms with Crippen molar-refractivity contribution in [3.8, 4) is 0 Å². The molecule has 20 heavy (non-hydrogen) atoms. The van der Waals surface area contributed by atoms with Gasteiger partial charge in [0.2, 0.25) is 15.7 Å². The van der Waals surface area contributed by atoms with Crippen LogP contribution in [-0.4, -0.2) is 34.8 Å². The van der Waals surface area contributed by atoms with Gasteiger partial charge in [0.1, 0.15) is 11.1 Å². The zero-order chi connectivity index (χ0) is 14.8. The average Bonchev–Trinajstić information content (AvgIpc) is 3.06. The molecule has 1 saturated carbocycles. The van der Waals surface area contributed by atoms with Crippen molar-refractivity contribution in [3.63, 3.8) is 0 Å². The Morgan fingerprint density at radius 3 is 2.70 bits per heavy atom. The summed E-state index contributed by atoms with van der Waals surface area (Å²) in [5, 5.41) is 4.68. The number of carbonyl (C=O) groups is 1. The van der Waals surface area contributed by atoms with E-state index >= 15 is 0 Å². The van der Waals surface area contributed by atoms with Crippen molar-refractivity contribution in [2.24, 2.45) is 11.7 Å². The zero-order valence-electron chi connectivity index (χ0n) is 11.5. The molecular weight excluding hydrogens is 280 g/mol. The molecule has 0 aliphatic heterocycles. The van der Waals surface area contributed by atoms with Crippen LogP contribution in [0.3, 0.4) is 0 Å². The highest BCUT2D eigenvalue weighted by molar-refractivity contribution is 7.92. The molecule has 1 heterocycles. The molecule has 1 aromatic rings. The lowest BCUT2D eigenvalue weighted by Gasteiger charge is -2.06. The van der Waals surface area contributed by atoms with E-state index in [1.807, 2.05) is 0 Å². The van der Waals surface area contributed by atoms with Crippen LogP contribution < -0.4 is 5.73 Å². The Morgan fingerprint density at radius 2 is 2.10 bits per heavy atom. The van der Waals surface area contributed by atoms with Crippen molar-refractivity contribution in [1.82, 2.24) is 15.2 Å². The van der Waals surface area contributed by atoms with Gasteiger partial charge in [-0.1, -0.05) is 25.7 Å². The van der Waals surface area contributed by atoms with Gasteiger partial charge >= 0.3 is 0 Å². The molecule has 0 spiro atoms. The van der Waals surface area contributed by atoms with Crippen LogP contribution in [0.15, 0.2) is 5.16 Å². The van der Waals surface area contributed by atoms with E-state index in [0.29, 0.717) is 18.2 Å². The second-order valence-corrected chi connectivity index (χ2v) is 7.51. The van der Waals surface area contributed by atoms with E-state index in [9.17, 15) is 13.2 Å². The molecule has 1 aliphatic carbocycles. The van der Waals surface area contributed by atoms with Gasteiger partial charge in [-0.15, -0.1) is 5.10 Å². The number of aryl methyl sites for hydroxylation is 1. The summed E-state index contributed by atoms with van der Waals surface area (Å²) in [6.45, 7) is 1.24. The lowest BCUT2D eigenvalue weighted by molar-refractivity contribution is -0.117. The number of aromatic amines is 1. The molecule has 112 valence electrons. The molecule has 0 unspecified atom stereocenters. The maximum Gasteiger partial charge on any atom is 0.267 e. The first-order chi connectivity index (χ1) is 9.41. The molecule has 0 saturated heterocycles. The van der Waals surface area contributed by atoms with Gasteiger partial charge in [0.15, 0.2) is 0 Å². The second-order valence-electron chi connectivity index (χ2n) is 5.34. The SMILES string of the molecule is C[C@@H](C(N)=O)S(=O)(=O)c1n[nH]c(CCC2CCCC2)n1. The van der Waals surface area contributed by atoms with E-state index in [2.05, 4.69) is 15.2 Å². The summed E-state index contributed by atoms with van der Waals surface area (Å²) in [7, 11) is -3.88. The summed E-state index contributed by atoms with van der Waals surface area (Å²) in [6.07, 6.45) is 6.68. The lowest BCUT2D eigenvalue weighted by Crippen LogP contribution is -2.33. The molecule has 1 aliphatic rings. The highest BCUT2D eigenvalue weighted by atomic mass is 32.2. The standard InChI is InChI=1S/C12H20N4O3S/c1-8(11(13)17)20(18,19)12-14-10(15-16-12)7-6-9-4-2-3-5-9/h8-9H,2-7H2,1H3,(H2,13,17)(H,14,15,16)/t8-/m0/s1. The van der Waals surface area contributed by atoms with Gasteiger partial charge in [-0.3, -0.25) is 9.89 Å². The quantitative estimate of drug-likeness (QED) is 0.796. The minimum atomic E-state index is -3.88. The highest BCUT2D eigenvalue weighted by Crippen LogP contribution is 2.28. The van der Waals surface area contributed by atoms with E-state index in [-0.39, 0.29) is 5.16 Å². The van der Waals surface area contributed by atoms with Gasteiger partial charge in [0, 0.05) is 6.42 Å². The maximum atomic E-state index is 12.0. The number of nitrogens with zero attached hydrogens (tertiary/aromatic N) is 2. The Kier molecular flexibility index (Phi) is 4.42. The Bertz CT molecular complexity index is 575. The van der Waals surface area contributed by atoms with Crippen molar-refractivity contribution < 1.29 is 13.2 Å². The Morgan fingerprint density at radius 1 is 1.45 bits per heavy atom. The molecule has 1 fully saturated rings. The summed E-state index contributed by atoms with van der Waals surface area (Å²) in [6, 6.07) is 0. The summed E-state index contributed by atoms with van der Waals surface area (Å²) >= 11 is 0. The number of hydrogen-bond acceptors (Lipinski definition) is 5. The lowest BCUT2D eigenvalue weighted by atomic mass is 10.0. The fraction of sp³-hybridized carbons (Fsp3) is 0.750. The van der Waals surface area contributed by atoms with Gasteiger partial charge in [-0.2, -0.15) is 0 Å². The normalized spacial score (nSPS) is 18.2. The summed E-state index contributed by atoms with van der Waals surface area (Å²) in [4.78, 5) is 15.0. The molecule has 8 heteroatoms. The third-order valence-corrected chi connectivity index (χ3v) is 5.75. The van der Waals surface area contributed by atoms with Crippen molar-refractivity contribution in [3.05, 3.63) is 5.82 Å². The van der Waals surface area contributed by atoms with Gasteiger partial charge in [-0.05, 0) is 19.3 Å². The summed E-state index contributed by atoms with van der Waals surface area (Å²) < 4.78 is 24.0. The Labute approximate surface area is 118 Å². The maximum absolute atomic E-state index is 12.0. The van der Waals surface area contributed by atoms with Gasteiger partial charge < -0.3 is 5.73 Å². The molecule has 3 N–H and O–H groups in total. The molecule has 1 atom stereocenters. The Hall–Kier alpha value is -1.44. The van der Waals surface area contributed by atoms with Crippen LogP contribution in [0.4, 0.5) is 0 Å². The van der Waals surface area contributed by atoms with E-state index in [1.54, 1.807) is 0 Å². The first kappa shape index (κ1) is 15.0. The number of hydrogen-bond donors (Lipinski definition) is 2. The monoisotopic (exact) mass is 300 g/mol. The second kappa shape index (κ2) is 5.90. The molecule has 0 bridgehead atoms. The van der Waals surface area contributed by atoms with E-state index in [0.717, 1.165) is 6.42 Å². The molecular formula is C12H20N4O3S. The number of rotatable bonds is 6. The van der Waals surface area contributed by atoms with Gasteiger partial charge in [0.05, 0.1) is 0 Å². The van der Waals surface area contributed by atoms with E-state index < -0.39 is 21.0 Å². The van der Waals surface area contributed by atoms with Crippen LogP contribution in [0.5, 0.6) is 0 Å². The van der Waals surface area contributed by atoms with Crippen molar-refractivity contribution in [2.45, 2.75) is 55.9 Å². The molecule has 2 rings (SSSR count). The minimum Gasteiger partial charge on any atom is -0.369 e. The summed E-state index contributed by atoms with van der Waals surface area (Å²) in [5.41, 5.74) is 5.02. The van der Waals surface area contributed by atoms with Crippen molar-refractivity contribution >= 4 is 15.7 Å². The van der Waals surface area contributed by atoms with Crippen molar-refractivity contribution in [2.75, 3.05) is 0 Å². The smallest absolute Gasteiger partial charge is 0.267 e. The molecule has 1 amide bonds.